The van der Waals surface area contributed by atoms with Crippen LogP contribution in [0.4, 0.5) is 10.1 Å². The molecule has 1 aromatic rings. The number of rotatable bonds is 2. The Morgan fingerprint density at radius 2 is 1.96 bits per heavy atom. The smallest absolute Gasteiger partial charge is 0.244 e. The molecule has 5 nitrogen and oxygen atoms in total. The molecule has 0 aromatic heterocycles. The van der Waals surface area contributed by atoms with Gasteiger partial charge in [0.25, 0.3) is 0 Å². The first-order valence-electron chi connectivity index (χ1n) is 8.70. The molecule has 2 atom stereocenters. The topological polar surface area (TPSA) is 42.0 Å². The van der Waals surface area contributed by atoms with E-state index in [9.17, 15) is 9.18 Å². The number of benzene rings is 1. The summed E-state index contributed by atoms with van der Waals surface area (Å²) in [4.78, 5) is 16.6. The summed E-state index contributed by atoms with van der Waals surface area (Å²) in [6, 6.07) is 6.31. The van der Waals surface area contributed by atoms with Crippen LogP contribution in [0.1, 0.15) is 26.2 Å². The fourth-order valence-corrected chi connectivity index (χ4v) is 4.06. The number of likely N-dealkylation sites (tertiary alicyclic amines) is 1. The molecule has 1 spiro atoms. The van der Waals surface area contributed by atoms with Gasteiger partial charge in [-0.2, -0.15) is 0 Å². The molecule has 1 amide bonds. The summed E-state index contributed by atoms with van der Waals surface area (Å²) < 4.78 is 25.8. The number of nitrogens with zero attached hydrogens (tertiary/aromatic N) is 2. The van der Waals surface area contributed by atoms with Crippen LogP contribution in [0.2, 0.25) is 0 Å². The molecule has 0 bridgehead atoms. The zero-order valence-corrected chi connectivity index (χ0v) is 13.9. The van der Waals surface area contributed by atoms with Crippen molar-refractivity contribution >= 4 is 11.6 Å². The van der Waals surface area contributed by atoms with Crippen molar-refractivity contribution in [2.75, 3.05) is 31.1 Å². The van der Waals surface area contributed by atoms with Crippen LogP contribution in [0.25, 0.3) is 0 Å². The second-order valence-corrected chi connectivity index (χ2v) is 6.93. The summed E-state index contributed by atoms with van der Waals surface area (Å²) in [6.45, 7) is 4.77. The summed E-state index contributed by atoms with van der Waals surface area (Å²) >= 11 is 0. The van der Waals surface area contributed by atoms with Gasteiger partial charge in [-0.25, -0.2) is 4.39 Å². The molecule has 6 heteroatoms. The van der Waals surface area contributed by atoms with Gasteiger partial charge in [0.15, 0.2) is 5.79 Å². The first kappa shape index (κ1) is 16.0. The summed E-state index contributed by atoms with van der Waals surface area (Å²) in [5.41, 5.74) is 0.384. The van der Waals surface area contributed by atoms with Crippen LogP contribution >= 0.6 is 0 Å². The van der Waals surface area contributed by atoms with Gasteiger partial charge >= 0.3 is 0 Å². The van der Waals surface area contributed by atoms with Gasteiger partial charge in [-0.05, 0) is 25.5 Å². The molecule has 1 aromatic carbocycles. The first-order valence-corrected chi connectivity index (χ1v) is 8.70. The highest BCUT2D eigenvalue weighted by atomic mass is 19.1. The molecule has 0 unspecified atom stereocenters. The Balaban J connectivity index is 1.42. The lowest BCUT2D eigenvalue weighted by atomic mass is 10.0. The van der Waals surface area contributed by atoms with Crippen LogP contribution in [0, 0.1) is 5.82 Å². The van der Waals surface area contributed by atoms with Crippen LogP contribution < -0.4 is 4.90 Å². The monoisotopic (exact) mass is 334 g/mol. The Labute approximate surface area is 141 Å². The average molecular weight is 334 g/mol. The maximum Gasteiger partial charge on any atom is 0.244 e. The summed E-state index contributed by atoms with van der Waals surface area (Å²) in [5.74, 6) is -0.800. The van der Waals surface area contributed by atoms with Crippen molar-refractivity contribution in [3.63, 3.8) is 0 Å². The van der Waals surface area contributed by atoms with Gasteiger partial charge in [-0.1, -0.05) is 12.1 Å². The van der Waals surface area contributed by atoms with Crippen molar-refractivity contribution in [1.82, 2.24) is 4.90 Å². The molecule has 3 aliphatic heterocycles. The number of para-hydroxylation sites is 1. The second kappa shape index (κ2) is 6.10. The van der Waals surface area contributed by atoms with E-state index < -0.39 is 5.79 Å². The lowest BCUT2D eigenvalue weighted by Gasteiger charge is -2.39. The molecular weight excluding hydrogens is 311 g/mol. The van der Waals surface area contributed by atoms with E-state index in [0.717, 1.165) is 32.4 Å². The molecule has 0 radical (unpaired) electrons. The minimum absolute atomic E-state index is 0.00215. The zero-order valence-electron chi connectivity index (χ0n) is 13.9. The Morgan fingerprint density at radius 1 is 1.21 bits per heavy atom. The van der Waals surface area contributed by atoms with E-state index in [1.54, 1.807) is 23.1 Å². The Kier molecular flexibility index (Phi) is 4.06. The van der Waals surface area contributed by atoms with E-state index in [2.05, 4.69) is 4.90 Å². The van der Waals surface area contributed by atoms with Crippen LogP contribution in [0.15, 0.2) is 24.3 Å². The van der Waals surface area contributed by atoms with Gasteiger partial charge in [-0.15, -0.1) is 0 Å². The standard InChI is InChI=1S/C18H23FN2O3/c1-13-12-23-18(24-13)7-10-20(11-8-18)16-6-9-21(17(16)22)15-5-3-2-4-14(15)19/h2-5,13,16H,6-12H2,1H3/t13-,16-/m1/s1. The molecule has 3 heterocycles. The molecule has 0 N–H and O–H groups in total. The van der Waals surface area contributed by atoms with E-state index in [1.165, 1.54) is 6.07 Å². The van der Waals surface area contributed by atoms with Gasteiger partial charge < -0.3 is 14.4 Å². The predicted octanol–water partition coefficient (Wildman–Crippen LogP) is 2.16. The number of anilines is 1. The molecule has 0 aliphatic carbocycles. The van der Waals surface area contributed by atoms with Crippen LogP contribution in [0.3, 0.4) is 0 Å². The van der Waals surface area contributed by atoms with E-state index in [-0.39, 0.29) is 23.9 Å². The third-order valence-electron chi connectivity index (χ3n) is 5.32. The third-order valence-corrected chi connectivity index (χ3v) is 5.32. The molecule has 130 valence electrons. The van der Waals surface area contributed by atoms with Gasteiger partial charge in [0.05, 0.1) is 24.4 Å². The van der Waals surface area contributed by atoms with Gasteiger partial charge in [0.1, 0.15) is 5.82 Å². The van der Waals surface area contributed by atoms with Gasteiger partial charge in [0, 0.05) is 32.5 Å². The van der Waals surface area contributed by atoms with Crippen LogP contribution in [0.5, 0.6) is 0 Å². The normalized spacial score (nSPS) is 30.4. The van der Waals surface area contributed by atoms with Crippen molar-refractivity contribution in [3.8, 4) is 0 Å². The fourth-order valence-electron chi connectivity index (χ4n) is 4.06. The highest BCUT2D eigenvalue weighted by molar-refractivity contribution is 5.99. The minimum atomic E-state index is -0.456. The highest BCUT2D eigenvalue weighted by Gasteiger charge is 2.46. The molecule has 0 saturated carbocycles. The maximum atomic E-state index is 14.0. The Bertz CT molecular complexity index is 630. The number of carbonyl (C=O) groups is 1. The average Bonchev–Trinajstić information content (AvgIpc) is 3.13. The summed E-state index contributed by atoms with van der Waals surface area (Å²) in [5, 5.41) is 0. The lowest BCUT2D eigenvalue weighted by Crippen LogP contribution is -2.51. The van der Waals surface area contributed by atoms with E-state index in [1.807, 2.05) is 6.92 Å². The lowest BCUT2D eigenvalue weighted by molar-refractivity contribution is -0.195. The van der Waals surface area contributed by atoms with Crippen molar-refractivity contribution < 1.29 is 18.7 Å². The fraction of sp³-hybridized carbons (Fsp3) is 0.611. The molecule has 3 saturated heterocycles. The quantitative estimate of drug-likeness (QED) is 0.831. The zero-order chi connectivity index (χ0) is 16.7. The molecule has 3 fully saturated rings. The van der Waals surface area contributed by atoms with Crippen molar-refractivity contribution in [2.45, 2.75) is 44.1 Å². The molecule has 4 rings (SSSR count). The molecule has 3 aliphatic rings. The van der Waals surface area contributed by atoms with Crippen LogP contribution in [-0.2, 0) is 14.3 Å². The first-order chi connectivity index (χ1) is 11.6. The number of ether oxygens (including phenoxy) is 2. The van der Waals surface area contributed by atoms with Crippen molar-refractivity contribution in [3.05, 3.63) is 30.1 Å². The number of halogens is 1. The molecular formula is C18H23FN2O3. The van der Waals surface area contributed by atoms with Gasteiger partial charge in [0.2, 0.25) is 5.91 Å². The maximum absolute atomic E-state index is 14.0. The number of hydrogen-bond acceptors (Lipinski definition) is 4. The number of carbonyl (C=O) groups excluding carboxylic acids is 1. The SMILES string of the molecule is C[C@@H]1COC2(CCN([C@@H]3CCN(c4ccccc4F)C3=O)CC2)O1. The van der Waals surface area contributed by atoms with Crippen molar-refractivity contribution in [2.24, 2.45) is 0 Å². The molecule has 24 heavy (non-hydrogen) atoms. The third kappa shape index (κ3) is 2.72. The summed E-state index contributed by atoms with van der Waals surface area (Å²) in [7, 11) is 0. The number of amides is 1. The van der Waals surface area contributed by atoms with Crippen LogP contribution in [-0.4, -0.2) is 55.0 Å². The second-order valence-electron chi connectivity index (χ2n) is 6.93. The number of piperidine rings is 1. The predicted molar refractivity (Wildman–Crippen MR) is 87.2 cm³/mol. The highest BCUT2D eigenvalue weighted by Crippen LogP contribution is 2.36. The Hall–Kier alpha value is -1.50. The van der Waals surface area contributed by atoms with Gasteiger partial charge in [-0.3, -0.25) is 9.69 Å². The largest absolute Gasteiger partial charge is 0.347 e. The van der Waals surface area contributed by atoms with E-state index in [4.69, 9.17) is 9.47 Å². The van der Waals surface area contributed by atoms with Crippen molar-refractivity contribution in [1.29, 1.82) is 0 Å². The Morgan fingerprint density at radius 3 is 2.62 bits per heavy atom. The number of hydrogen-bond donors (Lipinski definition) is 0. The summed E-state index contributed by atoms with van der Waals surface area (Å²) in [6.07, 6.45) is 2.43. The van der Waals surface area contributed by atoms with E-state index in [0.29, 0.717) is 18.8 Å². The minimum Gasteiger partial charge on any atom is -0.347 e. The van der Waals surface area contributed by atoms with E-state index >= 15 is 0 Å².